The lowest BCUT2D eigenvalue weighted by Crippen LogP contribution is -2.24. The summed E-state index contributed by atoms with van der Waals surface area (Å²) < 4.78 is 4.98. The van der Waals surface area contributed by atoms with Crippen molar-refractivity contribution in [3.8, 4) is 5.75 Å². The summed E-state index contributed by atoms with van der Waals surface area (Å²) in [7, 11) is 5.21. The molecule has 0 unspecified atom stereocenters. The first-order valence-corrected chi connectivity index (χ1v) is 9.34. The third kappa shape index (κ3) is 6.14. The van der Waals surface area contributed by atoms with Gasteiger partial charge in [0.1, 0.15) is 5.82 Å². The van der Waals surface area contributed by atoms with E-state index in [0.29, 0.717) is 12.3 Å². The summed E-state index contributed by atoms with van der Waals surface area (Å²) in [4.78, 5) is 28.7. The van der Waals surface area contributed by atoms with Crippen molar-refractivity contribution in [1.29, 1.82) is 0 Å². The first-order chi connectivity index (χ1) is 12.9. The van der Waals surface area contributed by atoms with E-state index in [-0.39, 0.29) is 23.1 Å². The normalized spacial score (nSPS) is 10.3. The van der Waals surface area contributed by atoms with Crippen molar-refractivity contribution in [2.24, 2.45) is 0 Å². The molecule has 27 heavy (non-hydrogen) atoms. The Labute approximate surface area is 162 Å². The molecule has 0 spiro atoms. The van der Waals surface area contributed by atoms with Crippen molar-refractivity contribution in [1.82, 2.24) is 10.3 Å². The molecule has 0 saturated heterocycles. The SMILES string of the molecule is COc1ccc(CSCC(=O)NCc2ccnc(N(C)C)c2)cc1[N+](=O)[O-]. The first kappa shape index (κ1) is 20.5. The zero-order valence-corrected chi connectivity index (χ0v) is 16.3. The number of hydrogen-bond donors (Lipinski definition) is 1. The highest BCUT2D eigenvalue weighted by atomic mass is 32.2. The largest absolute Gasteiger partial charge is 0.490 e. The van der Waals surface area contributed by atoms with Gasteiger partial charge in [0, 0.05) is 38.7 Å². The van der Waals surface area contributed by atoms with Crippen LogP contribution in [0.3, 0.4) is 0 Å². The van der Waals surface area contributed by atoms with E-state index in [1.54, 1.807) is 18.3 Å². The third-order valence-corrected chi connectivity index (χ3v) is 4.70. The van der Waals surface area contributed by atoms with Gasteiger partial charge in [0.15, 0.2) is 5.75 Å². The zero-order valence-electron chi connectivity index (χ0n) is 15.5. The molecule has 144 valence electrons. The second-order valence-corrected chi connectivity index (χ2v) is 6.94. The van der Waals surface area contributed by atoms with Crippen LogP contribution in [0.2, 0.25) is 0 Å². The number of carbonyl (C=O) groups is 1. The summed E-state index contributed by atoms with van der Waals surface area (Å²) in [5, 5.41) is 13.9. The Balaban J connectivity index is 1.82. The number of nitrogens with zero attached hydrogens (tertiary/aromatic N) is 3. The number of nitrogens with one attached hydrogen (secondary N) is 1. The van der Waals surface area contributed by atoms with Crippen LogP contribution in [0.15, 0.2) is 36.5 Å². The number of pyridine rings is 1. The second kappa shape index (κ2) is 9.77. The van der Waals surface area contributed by atoms with Gasteiger partial charge in [-0.1, -0.05) is 6.07 Å². The molecule has 1 heterocycles. The number of nitro groups is 1. The van der Waals surface area contributed by atoms with Gasteiger partial charge in [-0.25, -0.2) is 4.98 Å². The lowest BCUT2D eigenvalue weighted by atomic mass is 10.2. The molecule has 9 heteroatoms. The molecule has 0 aliphatic carbocycles. The van der Waals surface area contributed by atoms with Gasteiger partial charge < -0.3 is 15.0 Å². The van der Waals surface area contributed by atoms with Gasteiger partial charge in [-0.3, -0.25) is 14.9 Å². The van der Waals surface area contributed by atoms with Gasteiger partial charge in [-0.2, -0.15) is 0 Å². The fourth-order valence-electron chi connectivity index (χ4n) is 2.30. The highest BCUT2D eigenvalue weighted by Crippen LogP contribution is 2.28. The predicted molar refractivity (Wildman–Crippen MR) is 106 cm³/mol. The lowest BCUT2D eigenvalue weighted by Gasteiger charge is -2.12. The Morgan fingerprint density at radius 2 is 2.07 bits per heavy atom. The van der Waals surface area contributed by atoms with Gasteiger partial charge in [0.25, 0.3) is 0 Å². The summed E-state index contributed by atoms with van der Waals surface area (Å²) in [6, 6.07) is 8.58. The van der Waals surface area contributed by atoms with Gasteiger partial charge in [-0.15, -0.1) is 11.8 Å². The van der Waals surface area contributed by atoms with E-state index in [4.69, 9.17) is 4.74 Å². The minimum absolute atomic E-state index is 0.0746. The number of hydrogen-bond acceptors (Lipinski definition) is 7. The van der Waals surface area contributed by atoms with E-state index in [9.17, 15) is 14.9 Å². The zero-order chi connectivity index (χ0) is 19.8. The van der Waals surface area contributed by atoms with Gasteiger partial charge in [0.2, 0.25) is 5.91 Å². The third-order valence-electron chi connectivity index (χ3n) is 3.70. The average molecular weight is 390 g/mol. The molecule has 8 nitrogen and oxygen atoms in total. The number of aromatic nitrogens is 1. The molecule has 0 fully saturated rings. The van der Waals surface area contributed by atoms with Gasteiger partial charge in [-0.05, 0) is 29.3 Å². The molecule has 2 rings (SSSR count). The number of methoxy groups -OCH3 is 1. The Morgan fingerprint density at radius 3 is 2.74 bits per heavy atom. The Kier molecular flexibility index (Phi) is 7.42. The van der Waals surface area contributed by atoms with Crippen molar-refractivity contribution in [3.63, 3.8) is 0 Å². The number of benzene rings is 1. The smallest absolute Gasteiger partial charge is 0.311 e. The van der Waals surface area contributed by atoms with E-state index >= 15 is 0 Å². The number of thioether (sulfide) groups is 1. The molecule has 1 aromatic carbocycles. The van der Waals surface area contributed by atoms with Crippen LogP contribution in [0, 0.1) is 10.1 Å². The topological polar surface area (TPSA) is 97.6 Å². The second-order valence-electron chi connectivity index (χ2n) is 5.95. The summed E-state index contributed by atoms with van der Waals surface area (Å²) in [5.41, 5.74) is 1.66. The predicted octanol–water partition coefficient (Wildman–Crippen LogP) is 2.61. The highest BCUT2D eigenvalue weighted by molar-refractivity contribution is 7.99. The molecule has 0 radical (unpaired) electrons. The summed E-state index contributed by atoms with van der Waals surface area (Å²) >= 11 is 1.40. The van der Waals surface area contributed by atoms with Crippen LogP contribution in [0.5, 0.6) is 5.75 Å². The van der Waals surface area contributed by atoms with Crippen LogP contribution in [0.1, 0.15) is 11.1 Å². The molecule has 0 aliphatic heterocycles. The molecule has 0 aliphatic rings. The van der Waals surface area contributed by atoms with Crippen LogP contribution in [0.4, 0.5) is 11.5 Å². The van der Waals surface area contributed by atoms with Crippen LogP contribution in [-0.4, -0.2) is 42.8 Å². The quantitative estimate of drug-likeness (QED) is 0.519. The van der Waals surface area contributed by atoms with Crippen LogP contribution in [0.25, 0.3) is 0 Å². The number of ether oxygens (including phenoxy) is 1. The number of rotatable bonds is 9. The Bertz CT molecular complexity index is 814. The molecule has 0 atom stereocenters. The molecule has 0 saturated carbocycles. The summed E-state index contributed by atoms with van der Waals surface area (Å²) in [5.74, 6) is 1.73. The fraction of sp³-hybridized carbons (Fsp3) is 0.333. The maximum Gasteiger partial charge on any atom is 0.311 e. The maximum atomic E-state index is 12.0. The minimum Gasteiger partial charge on any atom is -0.490 e. The summed E-state index contributed by atoms with van der Waals surface area (Å²) in [6.45, 7) is 0.427. The minimum atomic E-state index is -0.476. The van der Waals surface area contributed by atoms with E-state index in [2.05, 4.69) is 10.3 Å². The number of nitro benzene ring substituents is 1. The Hall–Kier alpha value is -2.81. The van der Waals surface area contributed by atoms with E-state index < -0.39 is 4.92 Å². The monoisotopic (exact) mass is 390 g/mol. The lowest BCUT2D eigenvalue weighted by molar-refractivity contribution is -0.385. The molecule has 1 aromatic heterocycles. The van der Waals surface area contributed by atoms with Crippen molar-refractivity contribution >= 4 is 29.2 Å². The molecule has 1 N–H and O–H groups in total. The Morgan fingerprint density at radius 1 is 1.30 bits per heavy atom. The molecule has 2 aromatic rings. The summed E-state index contributed by atoms with van der Waals surface area (Å²) in [6.07, 6.45) is 1.71. The van der Waals surface area contributed by atoms with Crippen molar-refractivity contribution in [2.45, 2.75) is 12.3 Å². The van der Waals surface area contributed by atoms with E-state index in [1.165, 1.54) is 24.9 Å². The van der Waals surface area contributed by atoms with Crippen molar-refractivity contribution in [3.05, 3.63) is 57.8 Å². The van der Waals surface area contributed by atoms with E-state index in [1.807, 2.05) is 31.1 Å². The van der Waals surface area contributed by atoms with E-state index in [0.717, 1.165) is 16.9 Å². The molecular formula is C18H22N4O4S. The molecule has 0 bridgehead atoms. The standard InChI is InChI=1S/C18H22N4O4S/c1-21(2)17-9-13(6-7-19-17)10-20-18(23)12-27-11-14-4-5-16(26-3)15(8-14)22(24)25/h4-9H,10-12H2,1-3H3,(H,20,23). The average Bonchev–Trinajstić information content (AvgIpc) is 2.66. The van der Waals surface area contributed by atoms with Crippen LogP contribution < -0.4 is 15.0 Å². The number of anilines is 1. The maximum absolute atomic E-state index is 12.0. The first-order valence-electron chi connectivity index (χ1n) is 8.18. The van der Waals surface area contributed by atoms with Crippen molar-refractivity contribution < 1.29 is 14.5 Å². The van der Waals surface area contributed by atoms with Crippen molar-refractivity contribution in [2.75, 3.05) is 31.9 Å². The number of amides is 1. The van der Waals surface area contributed by atoms with Crippen LogP contribution >= 0.6 is 11.8 Å². The molecule has 1 amide bonds. The van der Waals surface area contributed by atoms with Crippen LogP contribution in [-0.2, 0) is 17.1 Å². The highest BCUT2D eigenvalue weighted by Gasteiger charge is 2.15. The van der Waals surface area contributed by atoms with Gasteiger partial charge in [0.05, 0.1) is 17.8 Å². The van der Waals surface area contributed by atoms with Gasteiger partial charge >= 0.3 is 5.69 Å². The molecular weight excluding hydrogens is 368 g/mol. The fourth-order valence-corrected chi connectivity index (χ4v) is 3.10. The number of carbonyl (C=O) groups excluding carboxylic acids is 1.